The van der Waals surface area contributed by atoms with Crippen molar-refractivity contribution in [1.82, 2.24) is 20.5 Å². The van der Waals surface area contributed by atoms with Gasteiger partial charge in [-0.3, -0.25) is 5.10 Å². The summed E-state index contributed by atoms with van der Waals surface area (Å²) >= 11 is 0. The van der Waals surface area contributed by atoms with Crippen molar-refractivity contribution >= 4 is 5.97 Å². The second-order valence-electron chi connectivity index (χ2n) is 2.26. The first kappa shape index (κ1) is 8.66. The Hall–Kier alpha value is -1.43. The van der Waals surface area contributed by atoms with Gasteiger partial charge in [-0.15, -0.1) is 5.10 Å². The molecule has 0 fully saturated rings. The normalized spacial score (nSPS) is 10.1. The van der Waals surface area contributed by atoms with Crippen LogP contribution >= 0.6 is 0 Å². The van der Waals surface area contributed by atoms with Crippen LogP contribution in [0.4, 0.5) is 0 Å². The molecule has 6 heteroatoms. The minimum atomic E-state index is -1.11. The molecule has 66 valence electrons. The Bertz CT molecular complexity index is 270. The SMILES string of the molecule is CNCCc1nc(C(=O)O)n[nH]1. The van der Waals surface area contributed by atoms with Crippen LogP contribution in [0.3, 0.4) is 0 Å². The van der Waals surface area contributed by atoms with Crippen molar-refractivity contribution in [3.8, 4) is 0 Å². The van der Waals surface area contributed by atoms with E-state index in [9.17, 15) is 4.79 Å². The van der Waals surface area contributed by atoms with Crippen molar-refractivity contribution in [3.63, 3.8) is 0 Å². The Morgan fingerprint density at radius 3 is 3.00 bits per heavy atom. The summed E-state index contributed by atoms with van der Waals surface area (Å²) in [5.41, 5.74) is 0. The number of rotatable bonds is 4. The molecule has 12 heavy (non-hydrogen) atoms. The predicted molar refractivity (Wildman–Crippen MR) is 41.0 cm³/mol. The standard InChI is InChI=1S/C6H10N4O2/c1-7-3-2-4-8-5(6(11)12)10-9-4/h7H,2-3H2,1H3,(H,11,12)(H,8,9,10). The van der Waals surface area contributed by atoms with E-state index in [4.69, 9.17) is 5.11 Å². The third kappa shape index (κ3) is 2.03. The van der Waals surface area contributed by atoms with Gasteiger partial charge in [-0.25, -0.2) is 9.78 Å². The summed E-state index contributed by atoms with van der Waals surface area (Å²) < 4.78 is 0. The van der Waals surface area contributed by atoms with E-state index in [1.165, 1.54) is 0 Å². The first-order chi connectivity index (χ1) is 5.74. The first-order valence-corrected chi connectivity index (χ1v) is 3.53. The van der Waals surface area contributed by atoms with Gasteiger partial charge in [0.1, 0.15) is 5.82 Å². The second-order valence-corrected chi connectivity index (χ2v) is 2.26. The molecule has 0 aliphatic heterocycles. The minimum absolute atomic E-state index is 0.180. The molecule has 1 rings (SSSR count). The molecule has 0 amide bonds. The Morgan fingerprint density at radius 2 is 2.50 bits per heavy atom. The lowest BCUT2D eigenvalue weighted by atomic mass is 10.4. The van der Waals surface area contributed by atoms with Crippen molar-refractivity contribution in [3.05, 3.63) is 11.6 Å². The second kappa shape index (κ2) is 3.82. The highest BCUT2D eigenvalue weighted by molar-refractivity contribution is 5.82. The molecule has 0 unspecified atom stereocenters. The maximum Gasteiger partial charge on any atom is 0.375 e. The third-order valence-electron chi connectivity index (χ3n) is 1.33. The Kier molecular flexibility index (Phi) is 2.76. The number of nitrogens with zero attached hydrogens (tertiary/aromatic N) is 2. The molecule has 0 saturated carbocycles. The van der Waals surface area contributed by atoms with E-state index in [1.54, 1.807) is 0 Å². The van der Waals surface area contributed by atoms with Crippen LogP contribution < -0.4 is 5.32 Å². The van der Waals surface area contributed by atoms with Crippen LogP contribution in [-0.4, -0.2) is 39.8 Å². The van der Waals surface area contributed by atoms with Crippen molar-refractivity contribution in [2.75, 3.05) is 13.6 Å². The number of aromatic carboxylic acids is 1. The number of carboxylic acid groups (broad SMARTS) is 1. The zero-order valence-corrected chi connectivity index (χ0v) is 6.66. The highest BCUT2D eigenvalue weighted by Gasteiger charge is 2.08. The first-order valence-electron chi connectivity index (χ1n) is 3.53. The monoisotopic (exact) mass is 170 g/mol. The van der Waals surface area contributed by atoms with Crippen molar-refractivity contribution in [2.45, 2.75) is 6.42 Å². The van der Waals surface area contributed by atoms with E-state index in [-0.39, 0.29) is 5.82 Å². The number of carboxylic acids is 1. The number of hydrogen-bond donors (Lipinski definition) is 3. The summed E-state index contributed by atoms with van der Waals surface area (Å²) in [6, 6.07) is 0. The lowest BCUT2D eigenvalue weighted by Crippen LogP contribution is -2.11. The van der Waals surface area contributed by atoms with Gasteiger partial charge in [0, 0.05) is 13.0 Å². The van der Waals surface area contributed by atoms with E-state index in [0.717, 1.165) is 6.54 Å². The minimum Gasteiger partial charge on any atom is -0.475 e. The zero-order chi connectivity index (χ0) is 8.97. The molecule has 0 bridgehead atoms. The van der Waals surface area contributed by atoms with Gasteiger partial charge in [0.05, 0.1) is 0 Å². The number of H-pyrrole nitrogens is 1. The fraction of sp³-hybridized carbons (Fsp3) is 0.500. The van der Waals surface area contributed by atoms with E-state index >= 15 is 0 Å². The van der Waals surface area contributed by atoms with E-state index in [1.807, 2.05) is 7.05 Å². The number of nitrogens with one attached hydrogen (secondary N) is 2. The van der Waals surface area contributed by atoms with Gasteiger partial charge in [-0.2, -0.15) is 0 Å². The molecule has 1 aromatic heterocycles. The molecule has 1 aromatic rings. The van der Waals surface area contributed by atoms with Gasteiger partial charge >= 0.3 is 5.97 Å². The average molecular weight is 170 g/mol. The lowest BCUT2D eigenvalue weighted by molar-refractivity contribution is 0.0684. The fourth-order valence-electron chi connectivity index (χ4n) is 0.746. The molecule has 0 aliphatic carbocycles. The van der Waals surface area contributed by atoms with Gasteiger partial charge in [-0.1, -0.05) is 0 Å². The van der Waals surface area contributed by atoms with Crippen LogP contribution in [0.5, 0.6) is 0 Å². The Balaban J connectivity index is 2.58. The molecule has 1 heterocycles. The Labute approximate surface area is 69.0 Å². The van der Waals surface area contributed by atoms with Crippen LogP contribution in [0, 0.1) is 0 Å². The lowest BCUT2D eigenvalue weighted by Gasteiger charge is -1.92. The van der Waals surface area contributed by atoms with Gasteiger partial charge in [0.25, 0.3) is 5.82 Å². The van der Waals surface area contributed by atoms with Gasteiger partial charge in [0.15, 0.2) is 0 Å². The molecule has 0 aliphatic rings. The van der Waals surface area contributed by atoms with Crippen LogP contribution in [0.15, 0.2) is 0 Å². The summed E-state index contributed by atoms with van der Waals surface area (Å²) in [6.07, 6.45) is 0.650. The number of aromatic amines is 1. The van der Waals surface area contributed by atoms with Crippen molar-refractivity contribution in [1.29, 1.82) is 0 Å². The summed E-state index contributed by atoms with van der Waals surface area (Å²) in [4.78, 5) is 14.1. The third-order valence-corrected chi connectivity index (χ3v) is 1.33. The molecule has 6 nitrogen and oxygen atoms in total. The number of aromatic nitrogens is 3. The van der Waals surface area contributed by atoms with Crippen molar-refractivity contribution in [2.24, 2.45) is 0 Å². The van der Waals surface area contributed by atoms with Gasteiger partial charge in [-0.05, 0) is 7.05 Å². The molecule has 0 saturated heterocycles. The quantitative estimate of drug-likeness (QED) is 0.554. The van der Waals surface area contributed by atoms with Crippen LogP contribution in [0.2, 0.25) is 0 Å². The van der Waals surface area contributed by atoms with E-state index in [2.05, 4.69) is 20.5 Å². The highest BCUT2D eigenvalue weighted by Crippen LogP contribution is 1.92. The topological polar surface area (TPSA) is 90.9 Å². The molecular formula is C6H10N4O2. The largest absolute Gasteiger partial charge is 0.475 e. The fourth-order valence-corrected chi connectivity index (χ4v) is 0.746. The summed E-state index contributed by atoms with van der Waals surface area (Å²) in [7, 11) is 1.81. The number of carbonyl (C=O) groups is 1. The maximum atomic E-state index is 10.3. The zero-order valence-electron chi connectivity index (χ0n) is 6.66. The van der Waals surface area contributed by atoms with Crippen LogP contribution in [0.25, 0.3) is 0 Å². The Morgan fingerprint density at radius 1 is 1.75 bits per heavy atom. The molecule has 0 aromatic carbocycles. The van der Waals surface area contributed by atoms with Crippen LogP contribution in [-0.2, 0) is 6.42 Å². The van der Waals surface area contributed by atoms with Gasteiger partial charge < -0.3 is 10.4 Å². The summed E-state index contributed by atoms with van der Waals surface area (Å²) in [6.45, 7) is 0.744. The number of likely N-dealkylation sites (N-methyl/N-ethyl adjacent to an activating group) is 1. The molecule has 0 radical (unpaired) electrons. The summed E-state index contributed by atoms with van der Waals surface area (Å²) in [5, 5.41) is 17.4. The molecule has 3 N–H and O–H groups in total. The average Bonchev–Trinajstić information content (AvgIpc) is 2.48. The van der Waals surface area contributed by atoms with E-state index in [0.29, 0.717) is 12.2 Å². The predicted octanol–water partition coefficient (Wildman–Crippen LogP) is -0.735. The molecule has 0 spiro atoms. The summed E-state index contributed by atoms with van der Waals surface area (Å²) in [5.74, 6) is -0.704. The highest BCUT2D eigenvalue weighted by atomic mass is 16.4. The smallest absolute Gasteiger partial charge is 0.375 e. The van der Waals surface area contributed by atoms with Crippen molar-refractivity contribution < 1.29 is 9.90 Å². The molecule has 0 atom stereocenters. The molecular weight excluding hydrogens is 160 g/mol. The van der Waals surface area contributed by atoms with Crippen LogP contribution in [0.1, 0.15) is 16.4 Å². The van der Waals surface area contributed by atoms with Gasteiger partial charge in [0.2, 0.25) is 0 Å². The number of hydrogen-bond acceptors (Lipinski definition) is 4. The van der Waals surface area contributed by atoms with E-state index < -0.39 is 5.97 Å². The maximum absolute atomic E-state index is 10.3.